The highest BCUT2D eigenvalue weighted by atomic mass is 35.5. The maximum atomic E-state index is 12.3. The van der Waals surface area contributed by atoms with E-state index in [1.807, 2.05) is 20.8 Å². The van der Waals surface area contributed by atoms with Gasteiger partial charge >= 0.3 is 6.03 Å². The van der Waals surface area contributed by atoms with Gasteiger partial charge in [0, 0.05) is 19.6 Å². The summed E-state index contributed by atoms with van der Waals surface area (Å²) in [5.41, 5.74) is 4.64. The van der Waals surface area contributed by atoms with Crippen molar-refractivity contribution >= 4 is 30.3 Å². The number of amides is 4. The summed E-state index contributed by atoms with van der Waals surface area (Å²) < 4.78 is 0. The van der Waals surface area contributed by atoms with Crippen LogP contribution in [-0.2, 0) is 9.59 Å². The Kier molecular flexibility index (Phi) is 7.12. The molecule has 0 bridgehead atoms. The van der Waals surface area contributed by atoms with Crippen molar-refractivity contribution in [3.63, 3.8) is 0 Å². The van der Waals surface area contributed by atoms with Gasteiger partial charge < -0.3 is 16.0 Å². The lowest BCUT2D eigenvalue weighted by Gasteiger charge is -2.26. The largest absolute Gasteiger partial charge is 0.340 e. The van der Waals surface area contributed by atoms with Gasteiger partial charge in [-0.1, -0.05) is 13.8 Å². The van der Waals surface area contributed by atoms with Crippen LogP contribution in [0, 0.1) is 0 Å². The lowest BCUT2D eigenvalue weighted by atomic mass is 9.93. The number of nitrogens with two attached hydrogens (primary N) is 1. The Morgan fingerprint density at radius 3 is 2.29 bits per heavy atom. The van der Waals surface area contributed by atoms with Crippen molar-refractivity contribution in [2.45, 2.75) is 45.2 Å². The number of nitrogens with zero attached hydrogens (tertiary/aromatic N) is 2. The summed E-state index contributed by atoms with van der Waals surface area (Å²) in [6.45, 7) is 5.58. The van der Waals surface area contributed by atoms with E-state index in [0.717, 1.165) is 4.90 Å². The molecular formula is C13H25ClN4O3. The molecule has 0 spiro atoms. The van der Waals surface area contributed by atoms with Gasteiger partial charge in [0.25, 0.3) is 5.91 Å². The Hall–Kier alpha value is -1.34. The molecule has 1 saturated heterocycles. The maximum absolute atomic E-state index is 12.3. The minimum Gasteiger partial charge on any atom is -0.340 e. The zero-order valence-corrected chi connectivity index (χ0v) is 13.8. The van der Waals surface area contributed by atoms with E-state index in [-0.39, 0.29) is 36.8 Å². The van der Waals surface area contributed by atoms with Gasteiger partial charge in [0.1, 0.15) is 12.1 Å². The molecule has 3 N–H and O–H groups in total. The summed E-state index contributed by atoms with van der Waals surface area (Å²) in [5, 5.41) is 2.70. The van der Waals surface area contributed by atoms with Crippen LogP contribution < -0.4 is 11.1 Å². The molecule has 0 aromatic heterocycles. The monoisotopic (exact) mass is 320 g/mol. The van der Waals surface area contributed by atoms with Gasteiger partial charge in [0.15, 0.2) is 0 Å². The third kappa shape index (κ3) is 3.65. The molecule has 1 rings (SSSR count). The zero-order valence-electron chi connectivity index (χ0n) is 13.0. The summed E-state index contributed by atoms with van der Waals surface area (Å²) in [7, 11) is 1.62. The van der Waals surface area contributed by atoms with Gasteiger partial charge in [-0.15, -0.1) is 12.4 Å². The summed E-state index contributed by atoms with van der Waals surface area (Å²) in [6, 6.07) is -0.633. The summed E-state index contributed by atoms with van der Waals surface area (Å²) >= 11 is 0. The molecule has 4 amide bonds. The molecule has 0 saturated carbocycles. The Labute approximate surface area is 131 Å². The predicted molar refractivity (Wildman–Crippen MR) is 82.1 cm³/mol. The van der Waals surface area contributed by atoms with Crippen molar-refractivity contribution in [1.82, 2.24) is 15.1 Å². The molecular weight excluding hydrogens is 296 g/mol. The van der Waals surface area contributed by atoms with Crippen molar-refractivity contribution in [3.8, 4) is 0 Å². The second-order valence-corrected chi connectivity index (χ2v) is 5.20. The van der Waals surface area contributed by atoms with Crippen LogP contribution >= 0.6 is 12.4 Å². The van der Waals surface area contributed by atoms with Gasteiger partial charge in [-0.25, -0.2) is 4.79 Å². The van der Waals surface area contributed by atoms with Crippen LogP contribution in [0.15, 0.2) is 0 Å². The molecule has 0 radical (unpaired) electrons. The van der Waals surface area contributed by atoms with E-state index >= 15 is 0 Å². The molecule has 122 valence electrons. The summed E-state index contributed by atoms with van der Waals surface area (Å²) in [5.74, 6) is -0.621. The number of rotatable bonds is 6. The Balaban J connectivity index is 0.00000400. The number of carbonyl (C=O) groups excluding carboxylic acids is 3. The van der Waals surface area contributed by atoms with Crippen LogP contribution in [-0.4, -0.2) is 59.4 Å². The highest BCUT2D eigenvalue weighted by Gasteiger charge is 2.49. The third-order valence-electron chi connectivity index (χ3n) is 4.14. The van der Waals surface area contributed by atoms with E-state index in [2.05, 4.69) is 5.32 Å². The molecule has 0 aromatic carbocycles. The van der Waals surface area contributed by atoms with Crippen LogP contribution in [0.25, 0.3) is 0 Å². The van der Waals surface area contributed by atoms with E-state index in [0.29, 0.717) is 19.4 Å². The highest BCUT2D eigenvalue weighted by molar-refractivity contribution is 6.08. The first kappa shape index (κ1) is 19.7. The Bertz CT molecular complexity index is 412. The average molecular weight is 321 g/mol. The van der Waals surface area contributed by atoms with E-state index in [1.54, 1.807) is 7.05 Å². The first-order valence-electron chi connectivity index (χ1n) is 6.92. The molecule has 1 unspecified atom stereocenters. The first-order valence-corrected chi connectivity index (χ1v) is 6.92. The molecule has 1 aliphatic rings. The minimum atomic E-state index is -0.866. The van der Waals surface area contributed by atoms with E-state index in [1.165, 1.54) is 4.90 Å². The fourth-order valence-electron chi connectivity index (χ4n) is 2.20. The fourth-order valence-corrected chi connectivity index (χ4v) is 2.20. The van der Waals surface area contributed by atoms with Gasteiger partial charge in [0.2, 0.25) is 5.91 Å². The Morgan fingerprint density at radius 2 is 1.90 bits per heavy atom. The normalized spacial score (nSPS) is 18.0. The number of hydrogen-bond donors (Lipinski definition) is 2. The number of urea groups is 1. The average Bonchev–Trinajstić information content (AvgIpc) is 2.70. The van der Waals surface area contributed by atoms with Crippen LogP contribution in [0.2, 0.25) is 0 Å². The van der Waals surface area contributed by atoms with Crippen molar-refractivity contribution < 1.29 is 14.4 Å². The maximum Gasteiger partial charge on any atom is 0.325 e. The highest BCUT2D eigenvalue weighted by Crippen LogP contribution is 2.24. The van der Waals surface area contributed by atoms with E-state index < -0.39 is 11.6 Å². The fraction of sp³-hybridized carbons (Fsp3) is 0.769. The molecule has 7 nitrogen and oxygen atoms in total. The zero-order chi connectivity index (χ0) is 15.5. The number of nitrogens with one attached hydrogen (secondary N) is 1. The van der Waals surface area contributed by atoms with Crippen molar-refractivity contribution in [2.75, 3.05) is 20.1 Å². The van der Waals surface area contributed by atoms with Crippen LogP contribution in [0.3, 0.4) is 0 Å². The lowest BCUT2D eigenvalue weighted by Crippen LogP contribution is -2.48. The van der Waals surface area contributed by atoms with Gasteiger partial charge in [-0.3, -0.25) is 14.5 Å². The van der Waals surface area contributed by atoms with Crippen LogP contribution in [0.1, 0.15) is 33.6 Å². The molecule has 8 heteroatoms. The topological polar surface area (TPSA) is 95.7 Å². The summed E-state index contributed by atoms with van der Waals surface area (Å²) in [4.78, 5) is 38.8. The standard InChI is InChI=1S/C13H24N4O3.ClH/c1-5-13(6-2)11(19)17(12(20)15-13)8-10(18)16(4)9(3)7-14;/h9H,5-8,14H2,1-4H3,(H,15,20);1H. The first-order chi connectivity index (χ1) is 9.32. The molecule has 1 atom stereocenters. The van der Waals surface area contributed by atoms with Gasteiger partial charge in [-0.2, -0.15) is 0 Å². The molecule has 1 fully saturated rings. The van der Waals surface area contributed by atoms with Gasteiger partial charge in [0.05, 0.1) is 0 Å². The second-order valence-electron chi connectivity index (χ2n) is 5.20. The molecule has 0 aromatic rings. The number of carbonyl (C=O) groups is 3. The number of likely N-dealkylation sites (N-methyl/N-ethyl adjacent to an activating group) is 1. The SMILES string of the molecule is CCC1(CC)NC(=O)N(CC(=O)N(C)C(C)CN)C1=O.Cl. The van der Waals surface area contributed by atoms with E-state index in [9.17, 15) is 14.4 Å². The molecule has 1 aliphatic heterocycles. The predicted octanol–water partition coefficient (Wildman–Crippen LogP) is 0.324. The molecule has 21 heavy (non-hydrogen) atoms. The van der Waals surface area contributed by atoms with Crippen molar-refractivity contribution in [1.29, 1.82) is 0 Å². The van der Waals surface area contributed by atoms with Crippen LogP contribution in [0.5, 0.6) is 0 Å². The summed E-state index contributed by atoms with van der Waals surface area (Å²) in [6.07, 6.45) is 1.02. The smallest absolute Gasteiger partial charge is 0.325 e. The quantitative estimate of drug-likeness (QED) is 0.689. The molecule has 1 heterocycles. The van der Waals surface area contributed by atoms with Crippen molar-refractivity contribution in [3.05, 3.63) is 0 Å². The number of imide groups is 1. The van der Waals surface area contributed by atoms with E-state index in [4.69, 9.17) is 5.73 Å². The second kappa shape index (κ2) is 7.61. The van der Waals surface area contributed by atoms with Crippen LogP contribution in [0.4, 0.5) is 4.79 Å². The minimum absolute atomic E-state index is 0. The van der Waals surface area contributed by atoms with Gasteiger partial charge in [-0.05, 0) is 19.8 Å². The number of hydrogen-bond acceptors (Lipinski definition) is 4. The lowest BCUT2D eigenvalue weighted by molar-refractivity contribution is -0.139. The number of halogens is 1. The third-order valence-corrected chi connectivity index (χ3v) is 4.14. The Morgan fingerprint density at radius 1 is 1.38 bits per heavy atom. The molecule has 0 aliphatic carbocycles. The van der Waals surface area contributed by atoms with Crippen molar-refractivity contribution in [2.24, 2.45) is 5.73 Å².